The highest BCUT2D eigenvalue weighted by Crippen LogP contribution is 2.45. The number of carbonyl (C=O) groups is 2. The van der Waals surface area contributed by atoms with Crippen LogP contribution in [0.1, 0.15) is 23.2 Å². The van der Waals surface area contributed by atoms with E-state index in [1.807, 2.05) is 0 Å². The number of carboxylic acid groups (broad SMARTS) is 1. The lowest BCUT2D eigenvalue weighted by Gasteiger charge is -2.11. The van der Waals surface area contributed by atoms with E-state index < -0.39 is 40.3 Å². The number of aliphatic carboxylic acids is 1. The second kappa shape index (κ2) is 4.56. The Hall–Kier alpha value is -2.05. The predicted octanol–water partition coefficient (Wildman–Crippen LogP) is 1.70. The van der Waals surface area contributed by atoms with Crippen LogP contribution in [0.3, 0.4) is 0 Å². The third kappa shape index (κ3) is 2.40. The molecule has 0 heterocycles. The van der Waals surface area contributed by atoms with Crippen LogP contribution in [0.2, 0.25) is 0 Å². The molecule has 0 aliphatic heterocycles. The molecule has 0 unspecified atom stereocenters. The van der Waals surface area contributed by atoms with Gasteiger partial charge in [0.05, 0.1) is 11.0 Å². The zero-order valence-electron chi connectivity index (χ0n) is 9.67. The quantitative estimate of drug-likeness (QED) is 0.820. The molecule has 102 valence electrons. The molecule has 0 spiro atoms. The molecule has 1 aliphatic carbocycles. The summed E-state index contributed by atoms with van der Waals surface area (Å²) in [5, 5.41) is 11.1. The number of rotatable bonds is 4. The SMILES string of the molecule is O=C(NCC1(C(=O)O)CC1)c1ccc(F)c(F)c1F. The molecule has 7 heteroatoms. The third-order valence-corrected chi connectivity index (χ3v) is 3.17. The molecule has 2 N–H and O–H groups in total. The predicted molar refractivity (Wildman–Crippen MR) is 58.0 cm³/mol. The highest BCUT2D eigenvalue weighted by Gasteiger charge is 2.50. The minimum Gasteiger partial charge on any atom is -0.481 e. The fourth-order valence-corrected chi connectivity index (χ4v) is 1.66. The number of amides is 1. The molecule has 0 bridgehead atoms. The van der Waals surface area contributed by atoms with Gasteiger partial charge >= 0.3 is 5.97 Å². The molecular weight excluding hydrogens is 263 g/mol. The van der Waals surface area contributed by atoms with E-state index in [9.17, 15) is 22.8 Å². The Morgan fingerprint density at radius 2 is 1.84 bits per heavy atom. The molecule has 1 aromatic carbocycles. The summed E-state index contributed by atoms with van der Waals surface area (Å²) >= 11 is 0. The molecule has 1 saturated carbocycles. The average molecular weight is 273 g/mol. The first-order valence-corrected chi connectivity index (χ1v) is 5.52. The Morgan fingerprint density at radius 1 is 1.21 bits per heavy atom. The van der Waals surface area contributed by atoms with E-state index in [2.05, 4.69) is 5.32 Å². The van der Waals surface area contributed by atoms with Crippen molar-refractivity contribution in [1.82, 2.24) is 5.32 Å². The van der Waals surface area contributed by atoms with Crippen LogP contribution in [0, 0.1) is 22.9 Å². The minimum absolute atomic E-state index is 0.167. The number of hydrogen-bond donors (Lipinski definition) is 2. The van der Waals surface area contributed by atoms with E-state index in [1.54, 1.807) is 0 Å². The van der Waals surface area contributed by atoms with Crippen LogP contribution in [-0.2, 0) is 4.79 Å². The minimum atomic E-state index is -1.73. The molecule has 19 heavy (non-hydrogen) atoms. The first-order valence-electron chi connectivity index (χ1n) is 5.52. The van der Waals surface area contributed by atoms with Crippen LogP contribution in [-0.4, -0.2) is 23.5 Å². The summed E-state index contributed by atoms with van der Waals surface area (Å²) in [5.74, 6) is -6.72. The van der Waals surface area contributed by atoms with Gasteiger partial charge in [-0.2, -0.15) is 0 Å². The molecule has 1 aliphatic rings. The molecule has 0 aromatic heterocycles. The molecule has 2 rings (SSSR count). The van der Waals surface area contributed by atoms with Crippen molar-refractivity contribution in [2.75, 3.05) is 6.54 Å². The van der Waals surface area contributed by atoms with Gasteiger partial charge in [-0.15, -0.1) is 0 Å². The summed E-state index contributed by atoms with van der Waals surface area (Å²) in [5.41, 5.74) is -1.66. The van der Waals surface area contributed by atoms with Crippen molar-refractivity contribution in [3.8, 4) is 0 Å². The molecule has 1 fully saturated rings. The van der Waals surface area contributed by atoms with Gasteiger partial charge in [0, 0.05) is 6.54 Å². The van der Waals surface area contributed by atoms with Crippen molar-refractivity contribution in [1.29, 1.82) is 0 Å². The average Bonchev–Trinajstić information content (AvgIpc) is 3.14. The number of carbonyl (C=O) groups excluding carboxylic acids is 1. The highest BCUT2D eigenvalue weighted by atomic mass is 19.2. The van der Waals surface area contributed by atoms with Crippen LogP contribution in [0.25, 0.3) is 0 Å². The van der Waals surface area contributed by atoms with Gasteiger partial charge in [-0.25, -0.2) is 13.2 Å². The first-order chi connectivity index (χ1) is 8.87. The maximum atomic E-state index is 13.3. The number of nitrogens with one attached hydrogen (secondary N) is 1. The smallest absolute Gasteiger partial charge is 0.311 e. The van der Waals surface area contributed by atoms with Crippen LogP contribution in [0.5, 0.6) is 0 Å². The molecule has 0 atom stereocenters. The monoisotopic (exact) mass is 273 g/mol. The Bertz CT molecular complexity index is 555. The molecule has 1 amide bonds. The summed E-state index contributed by atoms with van der Waals surface area (Å²) in [6, 6.07) is 1.45. The Balaban J connectivity index is 2.09. The fourth-order valence-electron chi connectivity index (χ4n) is 1.66. The van der Waals surface area contributed by atoms with Crippen molar-refractivity contribution in [2.24, 2.45) is 5.41 Å². The number of benzene rings is 1. The van der Waals surface area contributed by atoms with Crippen LogP contribution in [0.4, 0.5) is 13.2 Å². The van der Waals surface area contributed by atoms with Gasteiger partial charge in [0.1, 0.15) is 0 Å². The van der Waals surface area contributed by atoms with Gasteiger partial charge in [0.25, 0.3) is 5.91 Å². The summed E-state index contributed by atoms with van der Waals surface area (Å²) in [6.45, 7) is -0.167. The van der Waals surface area contributed by atoms with Crippen LogP contribution >= 0.6 is 0 Å². The first kappa shape index (κ1) is 13.4. The zero-order chi connectivity index (χ0) is 14.2. The van der Waals surface area contributed by atoms with E-state index in [1.165, 1.54) is 0 Å². The second-order valence-electron chi connectivity index (χ2n) is 4.49. The molecule has 0 saturated heterocycles. The Kier molecular flexibility index (Phi) is 3.21. The summed E-state index contributed by atoms with van der Waals surface area (Å²) in [6.07, 6.45) is 0.839. The van der Waals surface area contributed by atoms with Crippen LogP contribution < -0.4 is 5.32 Å². The topological polar surface area (TPSA) is 66.4 Å². The summed E-state index contributed by atoms with van der Waals surface area (Å²) in [7, 11) is 0. The summed E-state index contributed by atoms with van der Waals surface area (Å²) < 4.78 is 38.9. The zero-order valence-corrected chi connectivity index (χ0v) is 9.67. The van der Waals surface area contributed by atoms with E-state index in [4.69, 9.17) is 5.11 Å². The standard InChI is InChI=1S/C12H10F3NO3/c13-7-2-1-6(8(14)9(7)15)10(17)16-5-12(3-4-12)11(18)19/h1-2H,3-5H2,(H,16,17)(H,18,19). The lowest BCUT2D eigenvalue weighted by atomic mass is 10.1. The van der Waals surface area contributed by atoms with Crippen molar-refractivity contribution in [3.63, 3.8) is 0 Å². The van der Waals surface area contributed by atoms with Crippen molar-refractivity contribution < 1.29 is 27.9 Å². The van der Waals surface area contributed by atoms with Gasteiger partial charge in [-0.3, -0.25) is 9.59 Å². The molecular formula is C12H10F3NO3. The largest absolute Gasteiger partial charge is 0.481 e. The van der Waals surface area contributed by atoms with E-state index in [0.717, 1.165) is 6.07 Å². The molecule has 0 radical (unpaired) electrons. The molecule has 1 aromatic rings. The summed E-state index contributed by atoms with van der Waals surface area (Å²) in [4.78, 5) is 22.5. The van der Waals surface area contributed by atoms with Crippen molar-refractivity contribution in [3.05, 3.63) is 35.1 Å². The second-order valence-corrected chi connectivity index (χ2v) is 4.49. The highest BCUT2D eigenvalue weighted by molar-refractivity contribution is 5.95. The van der Waals surface area contributed by atoms with Crippen LogP contribution in [0.15, 0.2) is 12.1 Å². The normalized spacial score (nSPS) is 15.9. The van der Waals surface area contributed by atoms with Gasteiger partial charge in [0.2, 0.25) is 0 Å². The number of hydrogen-bond acceptors (Lipinski definition) is 2. The van der Waals surface area contributed by atoms with E-state index in [0.29, 0.717) is 18.9 Å². The lowest BCUT2D eigenvalue weighted by Crippen LogP contribution is -2.34. The van der Waals surface area contributed by atoms with Crippen molar-refractivity contribution >= 4 is 11.9 Å². The maximum Gasteiger partial charge on any atom is 0.311 e. The Morgan fingerprint density at radius 3 is 2.37 bits per heavy atom. The lowest BCUT2D eigenvalue weighted by molar-refractivity contribution is -0.143. The maximum absolute atomic E-state index is 13.3. The van der Waals surface area contributed by atoms with Gasteiger partial charge in [0.15, 0.2) is 17.5 Å². The number of halogens is 3. The van der Waals surface area contributed by atoms with E-state index in [-0.39, 0.29) is 6.54 Å². The number of carboxylic acids is 1. The van der Waals surface area contributed by atoms with Crippen molar-refractivity contribution in [2.45, 2.75) is 12.8 Å². The Labute approximate surface area is 106 Å². The fraction of sp³-hybridized carbons (Fsp3) is 0.333. The van der Waals surface area contributed by atoms with Gasteiger partial charge < -0.3 is 10.4 Å². The van der Waals surface area contributed by atoms with Gasteiger partial charge in [-0.1, -0.05) is 0 Å². The van der Waals surface area contributed by atoms with Gasteiger partial charge in [-0.05, 0) is 25.0 Å². The third-order valence-electron chi connectivity index (χ3n) is 3.17. The molecule has 4 nitrogen and oxygen atoms in total. The van der Waals surface area contributed by atoms with E-state index >= 15 is 0 Å².